The molecule has 0 saturated heterocycles. The molecule has 0 saturated carbocycles. The van der Waals surface area contributed by atoms with Crippen LogP contribution in [0.1, 0.15) is 46.6 Å². The highest BCUT2D eigenvalue weighted by molar-refractivity contribution is 7.91. The third-order valence-electron chi connectivity index (χ3n) is 3.45. The summed E-state index contributed by atoms with van der Waals surface area (Å²) in [7, 11) is -3.39. The molecule has 0 aliphatic heterocycles. The van der Waals surface area contributed by atoms with Gasteiger partial charge in [0.2, 0.25) is 10.0 Å². The highest BCUT2D eigenvalue weighted by atomic mass is 32.2. The Balaban J connectivity index is 2.73. The van der Waals surface area contributed by atoms with Gasteiger partial charge in [0.1, 0.15) is 4.21 Å². The standard InChI is InChI=1S/C14H26N2O2S2/c1-6-11(4)12(5)16-20(17,18)14-7-13(9-19-14)8-15-10(2)3/h7,9-12,15-16H,6,8H2,1-5H3. The second-order valence-corrected chi connectivity index (χ2v) is 8.46. The predicted octanol–water partition coefficient (Wildman–Crippen LogP) is 2.96. The van der Waals surface area contributed by atoms with E-state index in [2.05, 4.69) is 37.7 Å². The van der Waals surface area contributed by atoms with E-state index in [0.717, 1.165) is 12.0 Å². The van der Waals surface area contributed by atoms with Crippen LogP contribution in [0.15, 0.2) is 15.7 Å². The Morgan fingerprint density at radius 3 is 2.45 bits per heavy atom. The van der Waals surface area contributed by atoms with Crippen LogP contribution in [0.2, 0.25) is 0 Å². The first-order valence-corrected chi connectivity index (χ1v) is 9.45. The van der Waals surface area contributed by atoms with Crippen LogP contribution >= 0.6 is 11.3 Å². The predicted molar refractivity (Wildman–Crippen MR) is 85.5 cm³/mol. The van der Waals surface area contributed by atoms with E-state index in [4.69, 9.17) is 0 Å². The van der Waals surface area contributed by atoms with Crippen LogP contribution in [-0.2, 0) is 16.6 Å². The fourth-order valence-electron chi connectivity index (χ4n) is 1.68. The van der Waals surface area contributed by atoms with Crippen LogP contribution in [0.25, 0.3) is 0 Å². The Morgan fingerprint density at radius 2 is 1.90 bits per heavy atom. The van der Waals surface area contributed by atoms with Gasteiger partial charge in [0, 0.05) is 18.6 Å². The largest absolute Gasteiger partial charge is 0.310 e. The minimum absolute atomic E-state index is 0.0515. The molecule has 0 bridgehead atoms. The number of hydrogen-bond acceptors (Lipinski definition) is 4. The number of rotatable bonds is 8. The van der Waals surface area contributed by atoms with Crippen LogP contribution in [0.5, 0.6) is 0 Å². The summed E-state index contributed by atoms with van der Waals surface area (Å²) >= 11 is 1.28. The lowest BCUT2D eigenvalue weighted by Gasteiger charge is -2.19. The highest BCUT2D eigenvalue weighted by Crippen LogP contribution is 2.21. The van der Waals surface area contributed by atoms with Crippen LogP contribution in [0.4, 0.5) is 0 Å². The molecule has 2 atom stereocenters. The maximum atomic E-state index is 12.3. The molecule has 4 nitrogen and oxygen atoms in total. The van der Waals surface area contributed by atoms with E-state index in [1.54, 1.807) is 6.07 Å². The third-order valence-corrected chi connectivity index (χ3v) is 6.49. The third kappa shape index (κ3) is 5.16. The molecule has 0 aliphatic carbocycles. The van der Waals surface area contributed by atoms with Gasteiger partial charge in [-0.2, -0.15) is 0 Å². The van der Waals surface area contributed by atoms with E-state index in [1.165, 1.54) is 11.3 Å². The maximum absolute atomic E-state index is 12.3. The maximum Gasteiger partial charge on any atom is 0.250 e. The first kappa shape index (κ1) is 17.6. The quantitative estimate of drug-likeness (QED) is 0.775. The van der Waals surface area contributed by atoms with E-state index in [0.29, 0.717) is 22.7 Å². The molecule has 20 heavy (non-hydrogen) atoms. The van der Waals surface area contributed by atoms with E-state index in [1.807, 2.05) is 12.3 Å². The lowest BCUT2D eigenvalue weighted by molar-refractivity contribution is 0.434. The Labute approximate surface area is 127 Å². The van der Waals surface area contributed by atoms with Gasteiger partial charge in [0.05, 0.1) is 0 Å². The van der Waals surface area contributed by atoms with Crippen molar-refractivity contribution in [2.75, 3.05) is 0 Å². The summed E-state index contributed by atoms with van der Waals surface area (Å²) in [4.78, 5) is 0. The smallest absolute Gasteiger partial charge is 0.250 e. The van der Waals surface area contributed by atoms with Gasteiger partial charge >= 0.3 is 0 Å². The molecule has 1 heterocycles. The molecule has 0 amide bonds. The van der Waals surface area contributed by atoms with Gasteiger partial charge in [-0.1, -0.05) is 34.1 Å². The topological polar surface area (TPSA) is 58.2 Å². The van der Waals surface area contributed by atoms with E-state index >= 15 is 0 Å². The molecular weight excluding hydrogens is 292 g/mol. The van der Waals surface area contributed by atoms with Gasteiger partial charge in [0.15, 0.2) is 0 Å². The zero-order chi connectivity index (χ0) is 15.3. The van der Waals surface area contributed by atoms with Crippen molar-refractivity contribution in [2.45, 2.75) is 63.9 Å². The van der Waals surface area contributed by atoms with Crippen molar-refractivity contribution in [1.82, 2.24) is 10.0 Å². The number of thiophene rings is 1. The summed E-state index contributed by atoms with van der Waals surface area (Å²) in [6, 6.07) is 2.09. The van der Waals surface area contributed by atoms with Crippen LogP contribution < -0.4 is 10.0 Å². The molecule has 0 spiro atoms. The lowest BCUT2D eigenvalue weighted by atomic mass is 10.0. The van der Waals surface area contributed by atoms with Crippen LogP contribution in [-0.4, -0.2) is 20.5 Å². The average molecular weight is 319 g/mol. The molecule has 6 heteroatoms. The summed E-state index contributed by atoms with van der Waals surface area (Å²) in [6.45, 7) is 10.9. The van der Waals surface area contributed by atoms with Crippen LogP contribution in [0, 0.1) is 5.92 Å². The van der Waals surface area contributed by atoms with Crippen molar-refractivity contribution >= 4 is 21.4 Å². The molecule has 116 valence electrons. The zero-order valence-corrected chi connectivity index (χ0v) is 14.6. The van der Waals surface area contributed by atoms with E-state index < -0.39 is 10.0 Å². The minimum Gasteiger partial charge on any atom is -0.310 e. The Bertz CT molecular complexity index is 509. The highest BCUT2D eigenvalue weighted by Gasteiger charge is 2.21. The zero-order valence-electron chi connectivity index (χ0n) is 12.9. The summed E-state index contributed by atoms with van der Waals surface area (Å²) in [5.41, 5.74) is 1.01. The van der Waals surface area contributed by atoms with Crippen molar-refractivity contribution in [2.24, 2.45) is 5.92 Å². The average Bonchev–Trinajstić information content (AvgIpc) is 2.84. The summed E-state index contributed by atoms with van der Waals surface area (Å²) in [6.07, 6.45) is 0.956. The molecule has 0 fully saturated rings. The fraction of sp³-hybridized carbons (Fsp3) is 0.714. The Hall–Kier alpha value is -0.430. The molecule has 1 aromatic rings. The lowest BCUT2D eigenvalue weighted by Crippen LogP contribution is -2.36. The van der Waals surface area contributed by atoms with Crippen molar-refractivity contribution in [3.8, 4) is 0 Å². The van der Waals surface area contributed by atoms with Crippen molar-refractivity contribution in [1.29, 1.82) is 0 Å². The van der Waals surface area contributed by atoms with Crippen molar-refractivity contribution in [3.63, 3.8) is 0 Å². The number of nitrogens with one attached hydrogen (secondary N) is 2. The van der Waals surface area contributed by atoms with Crippen LogP contribution in [0.3, 0.4) is 0 Å². The summed E-state index contributed by atoms with van der Waals surface area (Å²) in [5.74, 6) is 0.326. The molecule has 0 aliphatic rings. The van der Waals surface area contributed by atoms with Gasteiger partial charge in [-0.3, -0.25) is 0 Å². The number of sulfonamides is 1. The molecule has 0 radical (unpaired) electrons. The van der Waals surface area contributed by atoms with E-state index in [9.17, 15) is 8.42 Å². The van der Waals surface area contributed by atoms with Gasteiger partial charge in [-0.15, -0.1) is 11.3 Å². The molecular formula is C14H26N2O2S2. The SMILES string of the molecule is CCC(C)C(C)NS(=O)(=O)c1cc(CNC(C)C)cs1. The number of hydrogen-bond donors (Lipinski definition) is 2. The van der Waals surface area contributed by atoms with Gasteiger partial charge < -0.3 is 5.32 Å². The Morgan fingerprint density at radius 1 is 1.25 bits per heavy atom. The first-order valence-electron chi connectivity index (χ1n) is 7.09. The molecule has 1 rings (SSSR count). The normalized spacial score (nSPS) is 15.5. The monoisotopic (exact) mass is 318 g/mol. The van der Waals surface area contributed by atoms with E-state index in [-0.39, 0.29) is 6.04 Å². The molecule has 2 N–H and O–H groups in total. The second-order valence-electron chi connectivity index (χ2n) is 5.61. The second kappa shape index (κ2) is 7.54. The summed E-state index contributed by atoms with van der Waals surface area (Å²) in [5, 5.41) is 5.19. The van der Waals surface area contributed by atoms with Gasteiger partial charge in [-0.25, -0.2) is 13.1 Å². The minimum atomic E-state index is -3.39. The Kier molecular flexibility index (Phi) is 6.64. The molecule has 1 aromatic heterocycles. The molecule has 0 aromatic carbocycles. The summed E-state index contributed by atoms with van der Waals surface area (Å²) < 4.78 is 27.7. The van der Waals surface area contributed by atoms with Gasteiger partial charge in [0.25, 0.3) is 0 Å². The van der Waals surface area contributed by atoms with Crippen molar-refractivity contribution < 1.29 is 8.42 Å². The molecule has 2 unspecified atom stereocenters. The fourth-order valence-corrected chi connectivity index (χ4v) is 4.26. The first-order chi connectivity index (χ1) is 9.26. The van der Waals surface area contributed by atoms with Gasteiger partial charge in [-0.05, 0) is 29.9 Å². The van der Waals surface area contributed by atoms with Crippen molar-refractivity contribution in [3.05, 3.63) is 17.0 Å².